The van der Waals surface area contributed by atoms with Crippen LogP contribution in [0.1, 0.15) is 18.4 Å². The molecule has 29 heavy (non-hydrogen) atoms. The highest BCUT2D eigenvalue weighted by molar-refractivity contribution is 7.98. The Labute approximate surface area is 172 Å². The Morgan fingerprint density at radius 2 is 1.66 bits per heavy atom. The van der Waals surface area contributed by atoms with E-state index in [1.54, 1.807) is 12.1 Å². The van der Waals surface area contributed by atoms with E-state index in [0.717, 1.165) is 0 Å². The van der Waals surface area contributed by atoms with E-state index in [4.69, 9.17) is 11.5 Å². The SMILES string of the molecule is CSCCC(NC(=O)C(Cc1ccc(O)cc1)NC(=O)C(N)CC(N)=O)C(=O)O. The maximum Gasteiger partial charge on any atom is 0.326 e. The summed E-state index contributed by atoms with van der Waals surface area (Å²) < 4.78 is 0. The number of carboxylic acid groups (broad SMARTS) is 1. The van der Waals surface area contributed by atoms with Gasteiger partial charge in [-0.3, -0.25) is 14.4 Å². The molecule has 3 unspecified atom stereocenters. The molecular weight excluding hydrogens is 400 g/mol. The normalized spacial score (nSPS) is 13.7. The average Bonchev–Trinajstić information content (AvgIpc) is 2.65. The Balaban J connectivity index is 2.96. The topological polar surface area (TPSA) is 185 Å². The zero-order chi connectivity index (χ0) is 22.0. The number of rotatable bonds is 12. The Bertz CT molecular complexity index is 728. The first-order valence-electron chi connectivity index (χ1n) is 8.78. The fourth-order valence-corrected chi connectivity index (χ4v) is 2.90. The van der Waals surface area contributed by atoms with Crippen molar-refractivity contribution in [1.82, 2.24) is 10.6 Å². The van der Waals surface area contributed by atoms with Gasteiger partial charge in [0.05, 0.1) is 12.5 Å². The molecule has 0 fully saturated rings. The second-order valence-electron chi connectivity index (χ2n) is 6.39. The summed E-state index contributed by atoms with van der Waals surface area (Å²) in [4.78, 5) is 47.3. The van der Waals surface area contributed by atoms with E-state index in [-0.39, 0.29) is 18.6 Å². The summed E-state index contributed by atoms with van der Waals surface area (Å²) in [5.41, 5.74) is 11.3. The van der Waals surface area contributed by atoms with Gasteiger partial charge in [-0.05, 0) is 36.1 Å². The minimum absolute atomic E-state index is 0.0238. The third-order valence-corrected chi connectivity index (χ3v) is 4.64. The molecule has 0 aliphatic rings. The fraction of sp³-hybridized carbons (Fsp3) is 0.444. The molecule has 0 bridgehead atoms. The molecule has 0 aliphatic heterocycles. The number of primary amides is 1. The molecule has 0 saturated heterocycles. The smallest absolute Gasteiger partial charge is 0.326 e. The van der Waals surface area contributed by atoms with Crippen LogP contribution in [-0.4, -0.2) is 64.0 Å². The van der Waals surface area contributed by atoms with Crippen LogP contribution in [0, 0.1) is 0 Å². The molecule has 11 heteroatoms. The summed E-state index contributed by atoms with van der Waals surface area (Å²) in [7, 11) is 0. The van der Waals surface area contributed by atoms with Crippen molar-refractivity contribution in [2.24, 2.45) is 11.5 Å². The predicted molar refractivity (Wildman–Crippen MR) is 108 cm³/mol. The molecule has 1 aromatic rings. The van der Waals surface area contributed by atoms with E-state index in [1.807, 2.05) is 6.26 Å². The van der Waals surface area contributed by atoms with Crippen LogP contribution in [0.4, 0.5) is 0 Å². The van der Waals surface area contributed by atoms with Crippen molar-refractivity contribution in [3.05, 3.63) is 29.8 Å². The first-order chi connectivity index (χ1) is 13.6. The number of hydrogen-bond donors (Lipinski definition) is 6. The lowest BCUT2D eigenvalue weighted by atomic mass is 10.0. The van der Waals surface area contributed by atoms with Gasteiger partial charge in [-0.1, -0.05) is 12.1 Å². The summed E-state index contributed by atoms with van der Waals surface area (Å²) in [6.45, 7) is 0. The van der Waals surface area contributed by atoms with Crippen molar-refractivity contribution in [3.8, 4) is 5.75 Å². The number of aliphatic carboxylic acids is 1. The van der Waals surface area contributed by atoms with Crippen molar-refractivity contribution in [2.75, 3.05) is 12.0 Å². The summed E-state index contributed by atoms with van der Waals surface area (Å²) in [5, 5.41) is 23.6. The number of aromatic hydroxyl groups is 1. The minimum atomic E-state index is -1.24. The molecule has 1 aromatic carbocycles. The van der Waals surface area contributed by atoms with E-state index in [2.05, 4.69) is 10.6 Å². The molecule has 160 valence electrons. The molecule has 10 nitrogen and oxygen atoms in total. The van der Waals surface area contributed by atoms with Gasteiger partial charge < -0.3 is 32.3 Å². The van der Waals surface area contributed by atoms with Gasteiger partial charge in [-0.2, -0.15) is 11.8 Å². The fourth-order valence-electron chi connectivity index (χ4n) is 2.43. The largest absolute Gasteiger partial charge is 0.508 e. The van der Waals surface area contributed by atoms with E-state index in [9.17, 15) is 29.4 Å². The number of carbonyl (C=O) groups is 4. The zero-order valence-corrected chi connectivity index (χ0v) is 16.8. The number of hydrogen-bond acceptors (Lipinski definition) is 7. The molecule has 1 rings (SSSR count). The molecule has 0 saturated carbocycles. The van der Waals surface area contributed by atoms with Crippen LogP contribution >= 0.6 is 11.8 Å². The minimum Gasteiger partial charge on any atom is -0.508 e. The first-order valence-corrected chi connectivity index (χ1v) is 10.2. The maximum atomic E-state index is 12.7. The van der Waals surface area contributed by atoms with Gasteiger partial charge in [0, 0.05) is 6.42 Å². The second-order valence-corrected chi connectivity index (χ2v) is 7.38. The average molecular weight is 426 g/mol. The van der Waals surface area contributed by atoms with Crippen LogP contribution in [0.15, 0.2) is 24.3 Å². The molecule has 0 aliphatic carbocycles. The summed E-state index contributed by atoms with van der Waals surface area (Å²) >= 11 is 1.44. The maximum absolute atomic E-state index is 12.7. The van der Waals surface area contributed by atoms with Gasteiger partial charge in [0.25, 0.3) is 0 Å². The number of phenolic OH excluding ortho intramolecular Hbond substituents is 1. The third kappa shape index (κ3) is 8.83. The molecule has 3 amide bonds. The van der Waals surface area contributed by atoms with Gasteiger partial charge in [-0.25, -0.2) is 4.79 Å². The molecule has 8 N–H and O–H groups in total. The zero-order valence-electron chi connectivity index (χ0n) is 16.0. The quantitative estimate of drug-likeness (QED) is 0.244. The monoisotopic (exact) mass is 426 g/mol. The van der Waals surface area contributed by atoms with E-state index in [0.29, 0.717) is 11.3 Å². The van der Waals surface area contributed by atoms with E-state index >= 15 is 0 Å². The number of nitrogens with two attached hydrogens (primary N) is 2. The van der Waals surface area contributed by atoms with Crippen molar-refractivity contribution >= 4 is 35.5 Å². The lowest BCUT2D eigenvalue weighted by molar-refractivity contribution is -0.142. The number of nitrogens with one attached hydrogen (secondary N) is 2. The Kier molecular flexibility index (Phi) is 9.97. The number of benzene rings is 1. The molecule has 0 aromatic heterocycles. The molecular formula is C18H26N4O6S. The lowest BCUT2D eigenvalue weighted by Gasteiger charge is -2.23. The van der Waals surface area contributed by atoms with Crippen LogP contribution in [0.5, 0.6) is 5.75 Å². The predicted octanol–water partition coefficient (Wildman–Crippen LogP) is -1.06. The third-order valence-electron chi connectivity index (χ3n) is 3.99. The molecule has 0 heterocycles. The van der Waals surface area contributed by atoms with Crippen LogP contribution in [0.3, 0.4) is 0 Å². The van der Waals surface area contributed by atoms with Gasteiger partial charge in [0.15, 0.2) is 0 Å². The van der Waals surface area contributed by atoms with Crippen LogP contribution in [0.25, 0.3) is 0 Å². The van der Waals surface area contributed by atoms with Crippen molar-refractivity contribution in [1.29, 1.82) is 0 Å². The highest BCUT2D eigenvalue weighted by atomic mass is 32.2. The number of carbonyl (C=O) groups excluding carboxylic acids is 3. The first kappa shape index (κ1) is 24.2. The number of amides is 3. The van der Waals surface area contributed by atoms with Crippen molar-refractivity contribution in [3.63, 3.8) is 0 Å². The summed E-state index contributed by atoms with van der Waals surface area (Å²) in [6, 6.07) is 2.47. The molecule has 0 radical (unpaired) electrons. The number of thioether (sulfide) groups is 1. The standard InChI is InChI=1S/C18H26N4O6S/c1-29-7-6-13(18(27)28)21-17(26)14(8-10-2-4-11(23)5-3-10)22-16(25)12(19)9-15(20)24/h2-5,12-14,23H,6-9,19H2,1H3,(H2,20,24)(H,21,26)(H,22,25)(H,27,28). The number of carboxylic acids is 1. The Morgan fingerprint density at radius 1 is 1.07 bits per heavy atom. The van der Waals surface area contributed by atoms with Crippen molar-refractivity contribution in [2.45, 2.75) is 37.4 Å². The van der Waals surface area contributed by atoms with E-state index in [1.165, 1.54) is 23.9 Å². The van der Waals surface area contributed by atoms with Crippen molar-refractivity contribution < 1.29 is 29.4 Å². The second kappa shape index (κ2) is 11.9. The Morgan fingerprint density at radius 3 is 2.17 bits per heavy atom. The summed E-state index contributed by atoms with van der Waals surface area (Å²) in [5.74, 6) is -2.87. The summed E-state index contributed by atoms with van der Waals surface area (Å²) in [6.07, 6.45) is 1.65. The van der Waals surface area contributed by atoms with Crippen LogP contribution in [0.2, 0.25) is 0 Å². The lowest BCUT2D eigenvalue weighted by Crippen LogP contribution is -2.55. The van der Waals surface area contributed by atoms with Gasteiger partial charge in [0.2, 0.25) is 17.7 Å². The molecule has 0 spiro atoms. The van der Waals surface area contributed by atoms with E-state index < -0.39 is 48.2 Å². The number of phenols is 1. The van der Waals surface area contributed by atoms with Crippen LogP contribution < -0.4 is 22.1 Å². The van der Waals surface area contributed by atoms with Gasteiger partial charge in [-0.15, -0.1) is 0 Å². The van der Waals surface area contributed by atoms with Gasteiger partial charge >= 0.3 is 5.97 Å². The highest BCUT2D eigenvalue weighted by Gasteiger charge is 2.28. The molecule has 3 atom stereocenters. The highest BCUT2D eigenvalue weighted by Crippen LogP contribution is 2.12. The Hall–Kier alpha value is -2.79. The van der Waals surface area contributed by atoms with Gasteiger partial charge in [0.1, 0.15) is 17.8 Å². The van der Waals surface area contributed by atoms with Crippen LogP contribution in [-0.2, 0) is 25.6 Å².